The molecule has 2 heterocycles. The highest BCUT2D eigenvalue weighted by atomic mass is 16.1. The Bertz CT molecular complexity index is 1240. The molecule has 1 atom stereocenters. The van der Waals surface area contributed by atoms with Gasteiger partial charge in [-0.3, -0.25) is 9.78 Å². The maximum Gasteiger partial charge on any atom is 0.160 e. The molecule has 1 N–H and O–H groups in total. The molecule has 1 unspecified atom stereocenters. The minimum absolute atomic E-state index is 0.367. The second kappa shape index (κ2) is 8.47. The highest BCUT2D eigenvalue weighted by Crippen LogP contribution is 2.43. The van der Waals surface area contributed by atoms with Crippen molar-refractivity contribution in [2.24, 2.45) is 0 Å². The van der Waals surface area contributed by atoms with Gasteiger partial charge in [0, 0.05) is 41.7 Å². The zero-order valence-electron chi connectivity index (χ0n) is 17.4. The summed E-state index contributed by atoms with van der Waals surface area (Å²) in [6.45, 7) is 0. The number of carbonyl (C=O) groups excluding carboxylic acids is 1. The number of nitrogens with zero attached hydrogens (tertiary/aromatic N) is 3. The zero-order valence-corrected chi connectivity index (χ0v) is 17.4. The van der Waals surface area contributed by atoms with Gasteiger partial charge in [0.05, 0.1) is 5.69 Å². The molecule has 156 valence electrons. The average Bonchev–Trinajstić information content (AvgIpc) is 3.20. The molecular weight excluding hydrogens is 396 g/mol. The molecule has 4 aromatic rings. The molecule has 1 aliphatic carbocycles. The second-order valence-corrected chi connectivity index (χ2v) is 7.71. The van der Waals surface area contributed by atoms with Gasteiger partial charge in [-0.05, 0) is 41.5 Å². The monoisotopic (exact) mass is 418 g/mol. The van der Waals surface area contributed by atoms with E-state index >= 15 is 0 Å². The van der Waals surface area contributed by atoms with E-state index in [9.17, 15) is 4.79 Å². The van der Waals surface area contributed by atoms with Gasteiger partial charge in [0.25, 0.3) is 0 Å². The maximum atomic E-state index is 11.0. The molecular formula is C27H22N4O. The Hall–Kier alpha value is -4.25. The number of rotatable bonds is 6. The molecule has 0 amide bonds. The molecule has 5 heteroatoms. The quantitative estimate of drug-likeness (QED) is 0.343. The van der Waals surface area contributed by atoms with Crippen LogP contribution in [0.4, 0.5) is 11.5 Å². The number of fused-ring (bicyclic) bond motifs is 1. The number of aromatic nitrogens is 3. The van der Waals surface area contributed by atoms with E-state index < -0.39 is 0 Å². The highest BCUT2D eigenvalue weighted by molar-refractivity contribution is 5.76. The minimum atomic E-state index is -0.367. The summed E-state index contributed by atoms with van der Waals surface area (Å²) in [4.78, 5) is 15.3. The average molecular weight is 419 g/mol. The Morgan fingerprint density at radius 3 is 2.31 bits per heavy atom. The van der Waals surface area contributed by atoms with Gasteiger partial charge >= 0.3 is 0 Å². The zero-order chi connectivity index (χ0) is 21.8. The van der Waals surface area contributed by atoms with Crippen molar-refractivity contribution >= 4 is 30.1 Å². The van der Waals surface area contributed by atoms with Crippen LogP contribution in [0.3, 0.4) is 0 Å². The van der Waals surface area contributed by atoms with Crippen LogP contribution in [0.25, 0.3) is 12.3 Å². The van der Waals surface area contributed by atoms with Crippen LogP contribution in [0.2, 0.25) is 0 Å². The van der Waals surface area contributed by atoms with Gasteiger partial charge in [0.15, 0.2) is 5.82 Å². The fourth-order valence-electron chi connectivity index (χ4n) is 4.32. The number of pyridine rings is 1. The highest BCUT2D eigenvalue weighted by Gasteiger charge is 2.37. The summed E-state index contributed by atoms with van der Waals surface area (Å²) in [7, 11) is 0. The molecule has 2 aromatic heterocycles. The Kier molecular flexibility index (Phi) is 5.22. The summed E-state index contributed by atoms with van der Waals surface area (Å²) >= 11 is 0. The topological polar surface area (TPSA) is 59.8 Å². The molecule has 0 bridgehead atoms. The van der Waals surface area contributed by atoms with Gasteiger partial charge in [-0.25, -0.2) is 4.68 Å². The fraction of sp³-hybridized carbons (Fsp3) is 0.0741. The normalized spacial score (nSPS) is 17.2. The van der Waals surface area contributed by atoms with Crippen molar-refractivity contribution in [3.8, 4) is 0 Å². The third-order valence-electron chi connectivity index (χ3n) is 5.86. The number of allylic oxidation sites excluding steroid dienone is 2. The van der Waals surface area contributed by atoms with Crippen LogP contribution >= 0.6 is 0 Å². The summed E-state index contributed by atoms with van der Waals surface area (Å²) in [6, 6.07) is 24.5. The first-order chi connectivity index (χ1) is 15.8. The Labute approximate surface area is 186 Å². The number of hydrogen-bond acceptors (Lipinski definition) is 4. The van der Waals surface area contributed by atoms with Crippen LogP contribution in [0.5, 0.6) is 0 Å². The lowest BCUT2D eigenvalue weighted by molar-refractivity contribution is -0.104. The van der Waals surface area contributed by atoms with Crippen LogP contribution in [0.1, 0.15) is 22.4 Å². The number of carbonyl (C=O) groups is 1. The molecule has 0 spiro atoms. The minimum Gasteiger partial charge on any atom is -0.338 e. The van der Waals surface area contributed by atoms with Crippen molar-refractivity contribution in [1.29, 1.82) is 0 Å². The van der Waals surface area contributed by atoms with E-state index in [1.807, 2.05) is 48.8 Å². The number of anilines is 2. The summed E-state index contributed by atoms with van der Waals surface area (Å²) < 4.78 is 1.80. The van der Waals surface area contributed by atoms with Gasteiger partial charge in [0.1, 0.15) is 6.29 Å². The molecule has 0 aliphatic heterocycles. The smallest absolute Gasteiger partial charge is 0.160 e. The Morgan fingerprint density at radius 1 is 0.906 bits per heavy atom. The van der Waals surface area contributed by atoms with Crippen LogP contribution in [0.15, 0.2) is 97.3 Å². The first kappa shape index (κ1) is 19.7. The number of para-hydroxylation sites is 1. The van der Waals surface area contributed by atoms with E-state index in [0.29, 0.717) is 6.42 Å². The van der Waals surface area contributed by atoms with Gasteiger partial charge in [0.2, 0.25) is 0 Å². The predicted molar refractivity (Wildman–Crippen MR) is 128 cm³/mol. The number of aldehydes is 1. The lowest BCUT2D eigenvalue weighted by atomic mass is 9.69. The predicted octanol–water partition coefficient (Wildman–Crippen LogP) is 5.25. The molecule has 1 aliphatic rings. The van der Waals surface area contributed by atoms with Crippen molar-refractivity contribution in [1.82, 2.24) is 14.8 Å². The lowest BCUT2D eigenvalue weighted by Crippen LogP contribution is -2.31. The van der Waals surface area contributed by atoms with E-state index in [-0.39, 0.29) is 5.41 Å². The van der Waals surface area contributed by atoms with Crippen molar-refractivity contribution in [3.05, 3.63) is 120 Å². The van der Waals surface area contributed by atoms with Gasteiger partial charge in [-0.15, -0.1) is 5.10 Å². The van der Waals surface area contributed by atoms with Crippen molar-refractivity contribution < 1.29 is 4.79 Å². The molecule has 0 fully saturated rings. The largest absolute Gasteiger partial charge is 0.338 e. The number of benzene rings is 2. The van der Waals surface area contributed by atoms with E-state index in [2.05, 4.69) is 58.9 Å². The summed E-state index contributed by atoms with van der Waals surface area (Å²) in [5, 5.41) is 8.19. The van der Waals surface area contributed by atoms with Gasteiger partial charge in [-0.1, -0.05) is 60.7 Å². The summed E-state index contributed by atoms with van der Waals surface area (Å²) in [6.07, 6.45) is 12.7. The summed E-state index contributed by atoms with van der Waals surface area (Å²) in [5.74, 6) is 0.759. The fourth-order valence-corrected chi connectivity index (χ4v) is 4.32. The van der Waals surface area contributed by atoms with Crippen molar-refractivity contribution in [2.75, 3.05) is 5.32 Å². The van der Waals surface area contributed by atoms with Gasteiger partial charge < -0.3 is 5.32 Å². The number of hydrogen-bond donors (Lipinski definition) is 1. The molecule has 5 nitrogen and oxygen atoms in total. The van der Waals surface area contributed by atoms with E-state index in [0.717, 1.165) is 34.6 Å². The third-order valence-corrected chi connectivity index (χ3v) is 5.86. The van der Waals surface area contributed by atoms with Crippen LogP contribution in [0, 0.1) is 0 Å². The summed E-state index contributed by atoms with van der Waals surface area (Å²) in [5.41, 5.74) is 4.99. The van der Waals surface area contributed by atoms with Crippen LogP contribution in [-0.2, 0) is 16.6 Å². The Morgan fingerprint density at radius 2 is 1.59 bits per heavy atom. The van der Waals surface area contributed by atoms with Crippen molar-refractivity contribution in [3.63, 3.8) is 0 Å². The van der Waals surface area contributed by atoms with E-state index in [4.69, 9.17) is 5.10 Å². The molecule has 0 radical (unpaired) electrons. The van der Waals surface area contributed by atoms with Gasteiger partial charge in [-0.2, -0.15) is 0 Å². The molecule has 0 saturated heterocycles. The molecule has 5 rings (SSSR count). The first-order valence-corrected chi connectivity index (χ1v) is 10.5. The van der Waals surface area contributed by atoms with Crippen molar-refractivity contribution in [2.45, 2.75) is 11.8 Å². The first-order valence-electron chi connectivity index (χ1n) is 10.5. The lowest BCUT2D eigenvalue weighted by Gasteiger charge is -2.34. The second-order valence-electron chi connectivity index (χ2n) is 7.71. The standard InChI is InChI=1S/C27H22N4O/c32-19-7-18-31-25-20-27(21-8-3-1-4-9-21,22-13-16-28-17-14-22)15-12-24(25)26(30-31)29-23-10-5-2-6-11-23/h1-19H,20H2,(H,29,30). The third kappa shape index (κ3) is 3.54. The SMILES string of the molecule is O=CC=Cn1nc(Nc2ccccc2)c2c1CC(c1ccccc1)(c1ccncc1)C=C2. The number of nitrogens with one attached hydrogen (secondary N) is 1. The maximum absolute atomic E-state index is 11.0. The molecule has 32 heavy (non-hydrogen) atoms. The molecule has 2 aromatic carbocycles. The van der Waals surface area contributed by atoms with Crippen LogP contribution in [-0.4, -0.2) is 21.1 Å². The van der Waals surface area contributed by atoms with E-state index in [1.54, 1.807) is 10.9 Å². The Balaban J connectivity index is 1.66. The van der Waals surface area contributed by atoms with E-state index in [1.165, 1.54) is 11.6 Å². The molecule has 0 saturated carbocycles. The van der Waals surface area contributed by atoms with Crippen LogP contribution < -0.4 is 5.32 Å².